The fourth-order valence-corrected chi connectivity index (χ4v) is 1.54. The molecule has 0 aliphatic rings. The fraction of sp³-hybridized carbons (Fsp3) is 0.857. The average Bonchev–Trinajstić information content (AvgIpc) is 2.30. The minimum atomic E-state index is 0.309. The molecule has 2 unspecified atom stereocenters. The third-order valence-electron chi connectivity index (χ3n) is 2.86. The van der Waals surface area contributed by atoms with Crippen LogP contribution >= 0.6 is 0 Å². The minimum Gasteiger partial charge on any atom is -0.378 e. The molecule has 0 radical (unpaired) electrons. The lowest BCUT2D eigenvalue weighted by Gasteiger charge is -2.16. The first-order valence-corrected chi connectivity index (χ1v) is 6.74. The molecular formula is C14H30N2O. The van der Waals surface area contributed by atoms with Gasteiger partial charge in [0.25, 0.3) is 0 Å². The van der Waals surface area contributed by atoms with Gasteiger partial charge in [0, 0.05) is 6.04 Å². The highest BCUT2D eigenvalue weighted by Crippen LogP contribution is 2.11. The third-order valence-corrected chi connectivity index (χ3v) is 2.86. The first kappa shape index (κ1) is 16.6. The number of ether oxygens (including phenoxy) is 1. The van der Waals surface area contributed by atoms with E-state index in [0.717, 1.165) is 32.4 Å². The van der Waals surface area contributed by atoms with Gasteiger partial charge in [-0.25, -0.2) is 0 Å². The summed E-state index contributed by atoms with van der Waals surface area (Å²) in [6.07, 6.45) is 8.01. The normalized spacial score (nSPS) is 15.6. The molecule has 0 aliphatic carbocycles. The van der Waals surface area contributed by atoms with Gasteiger partial charge in [-0.3, -0.25) is 0 Å². The van der Waals surface area contributed by atoms with Crippen molar-refractivity contribution >= 4 is 0 Å². The molecule has 3 N–H and O–H groups in total. The summed E-state index contributed by atoms with van der Waals surface area (Å²) in [6.45, 7) is 7.89. The molecule has 3 nitrogen and oxygen atoms in total. The predicted molar refractivity (Wildman–Crippen MR) is 75.1 cm³/mol. The van der Waals surface area contributed by atoms with Gasteiger partial charge in [-0.05, 0) is 59.5 Å². The Balaban J connectivity index is 3.82. The Bertz CT molecular complexity index is 193. The van der Waals surface area contributed by atoms with Gasteiger partial charge in [-0.15, -0.1) is 0 Å². The maximum absolute atomic E-state index is 5.65. The zero-order valence-corrected chi connectivity index (χ0v) is 11.9. The van der Waals surface area contributed by atoms with Crippen molar-refractivity contribution in [3.63, 3.8) is 0 Å². The lowest BCUT2D eigenvalue weighted by atomic mass is 10.0. The van der Waals surface area contributed by atoms with Crippen molar-refractivity contribution < 1.29 is 4.74 Å². The van der Waals surface area contributed by atoms with Crippen molar-refractivity contribution in [1.29, 1.82) is 0 Å². The topological polar surface area (TPSA) is 47.3 Å². The van der Waals surface area contributed by atoms with Crippen LogP contribution in [0.25, 0.3) is 0 Å². The molecule has 0 saturated carbocycles. The minimum absolute atomic E-state index is 0.309. The largest absolute Gasteiger partial charge is 0.378 e. The average molecular weight is 242 g/mol. The van der Waals surface area contributed by atoms with Gasteiger partial charge in [0.05, 0.1) is 12.7 Å². The highest BCUT2D eigenvalue weighted by molar-refractivity contribution is 4.86. The van der Waals surface area contributed by atoms with Crippen molar-refractivity contribution in [1.82, 2.24) is 5.32 Å². The highest BCUT2D eigenvalue weighted by Gasteiger charge is 2.07. The Labute approximate surface area is 107 Å². The molecule has 0 amide bonds. The zero-order chi connectivity index (χ0) is 13.1. The van der Waals surface area contributed by atoms with Gasteiger partial charge in [-0.1, -0.05) is 12.2 Å². The van der Waals surface area contributed by atoms with Crippen LogP contribution in [0.15, 0.2) is 12.2 Å². The summed E-state index contributed by atoms with van der Waals surface area (Å²) in [5.74, 6) is 0.559. The Morgan fingerprint density at radius 1 is 1.18 bits per heavy atom. The van der Waals surface area contributed by atoms with E-state index in [4.69, 9.17) is 10.5 Å². The van der Waals surface area contributed by atoms with Gasteiger partial charge in [0.1, 0.15) is 0 Å². The summed E-state index contributed by atoms with van der Waals surface area (Å²) >= 11 is 0. The lowest BCUT2D eigenvalue weighted by Crippen LogP contribution is -2.20. The second kappa shape index (κ2) is 10.8. The van der Waals surface area contributed by atoms with Crippen molar-refractivity contribution in [2.24, 2.45) is 11.7 Å². The van der Waals surface area contributed by atoms with E-state index in [9.17, 15) is 0 Å². The first-order valence-electron chi connectivity index (χ1n) is 6.74. The van der Waals surface area contributed by atoms with Gasteiger partial charge >= 0.3 is 0 Å². The molecule has 102 valence electrons. The molecule has 0 saturated heterocycles. The van der Waals surface area contributed by atoms with E-state index in [2.05, 4.69) is 38.2 Å². The molecule has 0 aromatic rings. The van der Waals surface area contributed by atoms with Crippen LogP contribution < -0.4 is 11.1 Å². The molecule has 3 heteroatoms. The lowest BCUT2D eigenvalue weighted by molar-refractivity contribution is 0.0502. The summed E-state index contributed by atoms with van der Waals surface area (Å²) in [4.78, 5) is 0. The quantitative estimate of drug-likeness (QED) is 0.578. The van der Waals surface area contributed by atoms with E-state index >= 15 is 0 Å². The highest BCUT2D eigenvalue weighted by atomic mass is 16.5. The summed E-state index contributed by atoms with van der Waals surface area (Å²) in [5.41, 5.74) is 5.62. The van der Waals surface area contributed by atoms with E-state index in [1.807, 2.05) is 7.05 Å². The SMILES string of the molecule is CNC(C)C/C=C/CC(CCN)COC(C)C. The molecule has 0 fully saturated rings. The summed E-state index contributed by atoms with van der Waals surface area (Å²) in [6, 6.07) is 0.547. The molecule has 0 aliphatic heterocycles. The van der Waals surface area contributed by atoms with Crippen LogP contribution in [0.4, 0.5) is 0 Å². The second-order valence-corrected chi connectivity index (χ2v) is 4.96. The van der Waals surface area contributed by atoms with Crippen LogP contribution in [0.2, 0.25) is 0 Å². The maximum Gasteiger partial charge on any atom is 0.0519 e. The van der Waals surface area contributed by atoms with Crippen molar-refractivity contribution in [3.8, 4) is 0 Å². The standard InChI is InChI=1S/C14H30N2O/c1-12(2)17-11-14(9-10-15)8-6-5-7-13(3)16-4/h5-6,12-14,16H,7-11,15H2,1-4H3/b6-5+. The monoisotopic (exact) mass is 242 g/mol. The first-order chi connectivity index (χ1) is 8.10. The molecule has 0 aromatic heterocycles. The Hall–Kier alpha value is -0.380. The molecule has 0 aromatic carbocycles. The molecule has 0 heterocycles. The summed E-state index contributed by atoms with van der Waals surface area (Å²) < 4.78 is 5.65. The van der Waals surface area contributed by atoms with E-state index in [1.54, 1.807) is 0 Å². The number of rotatable bonds is 10. The molecule has 0 rings (SSSR count). The third kappa shape index (κ3) is 10.5. The number of hydrogen-bond donors (Lipinski definition) is 2. The Morgan fingerprint density at radius 2 is 1.82 bits per heavy atom. The number of allylic oxidation sites excluding steroid dienone is 1. The van der Waals surface area contributed by atoms with Gasteiger partial charge in [0.15, 0.2) is 0 Å². The van der Waals surface area contributed by atoms with Gasteiger partial charge in [0.2, 0.25) is 0 Å². The maximum atomic E-state index is 5.65. The molecule has 17 heavy (non-hydrogen) atoms. The number of nitrogens with two attached hydrogens (primary N) is 1. The van der Waals surface area contributed by atoms with Gasteiger partial charge < -0.3 is 15.8 Å². The van der Waals surface area contributed by atoms with Crippen molar-refractivity contribution in [3.05, 3.63) is 12.2 Å². The molecule has 2 atom stereocenters. The van der Waals surface area contributed by atoms with Crippen LogP contribution in [-0.2, 0) is 4.74 Å². The summed E-state index contributed by atoms with van der Waals surface area (Å²) in [7, 11) is 1.99. The second-order valence-electron chi connectivity index (χ2n) is 4.96. The Morgan fingerprint density at radius 3 is 2.35 bits per heavy atom. The predicted octanol–water partition coefficient (Wildman–Crippen LogP) is 2.32. The number of hydrogen-bond acceptors (Lipinski definition) is 3. The van der Waals surface area contributed by atoms with Crippen molar-refractivity contribution in [2.75, 3.05) is 20.2 Å². The smallest absolute Gasteiger partial charge is 0.0519 e. The van der Waals surface area contributed by atoms with Crippen LogP contribution in [0.3, 0.4) is 0 Å². The number of nitrogens with one attached hydrogen (secondary N) is 1. The van der Waals surface area contributed by atoms with E-state index in [0.29, 0.717) is 18.1 Å². The zero-order valence-electron chi connectivity index (χ0n) is 11.9. The van der Waals surface area contributed by atoms with Crippen LogP contribution in [0.5, 0.6) is 0 Å². The van der Waals surface area contributed by atoms with Gasteiger partial charge in [-0.2, -0.15) is 0 Å². The van der Waals surface area contributed by atoms with Crippen LogP contribution in [-0.4, -0.2) is 32.3 Å². The molecular weight excluding hydrogens is 212 g/mol. The van der Waals surface area contributed by atoms with Crippen LogP contribution in [0, 0.1) is 5.92 Å². The van der Waals surface area contributed by atoms with Crippen molar-refractivity contribution in [2.45, 2.75) is 52.2 Å². The van der Waals surface area contributed by atoms with E-state index in [1.165, 1.54) is 0 Å². The van der Waals surface area contributed by atoms with Crippen LogP contribution in [0.1, 0.15) is 40.0 Å². The fourth-order valence-electron chi connectivity index (χ4n) is 1.54. The van der Waals surface area contributed by atoms with E-state index < -0.39 is 0 Å². The Kier molecular flexibility index (Phi) is 10.5. The molecule has 0 bridgehead atoms. The van der Waals surface area contributed by atoms with E-state index in [-0.39, 0.29) is 0 Å². The summed E-state index contributed by atoms with van der Waals surface area (Å²) in [5, 5.41) is 3.22. The molecule has 0 spiro atoms.